The van der Waals surface area contributed by atoms with Crippen LogP contribution in [0.15, 0.2) is 6.07 Å². The zero-order valence-electron chi connectivity index (χ0n) is 10.8. The van der Waals surface area contributed by atoms with Crippen molar-refractivity contribution in [2.75, 3.05) is 18.9 Å². The molecule has 3 rings (SSSR count). The summed E-state index contributed by atoms with van der Waals surface area (Å²) in [6.07, 6.45) is 7.17. The van der Waals surface area contributed by atoms with Crippen molar-refractivity contribution in [1.29, 1.82) is 0 Å². The number of nitrogen functional groups attached to an aromatic ring is 1. The first-order valence-corrected chi connectivity index (χ1v) is 7.02. The Labute approximate surface area is 108 Å². The van der Waals surface area contributed by atoms with Gasteiger partial charge in [0.05, 0.1) is 0 Å². The number of hydrogen-bond acceptors (Lipinski definition) is 4. The summed E-state index contributed by atoms with van der Waals surface area (Å²) in [5.41, 5.74) is 7.08. The van der Waals surface area contributed by atoms with Crippen LogP contribution < -0.4 is 5.73 Å². The van der Waals surface area contributed by atoms with E-state index < -0.39 is 0 Å². The van der Waals surface area contributed by atoms with Crippen LogP contribution in [0.4, 0.5) is 5.82 Å². The Kier molecular flexibility index (Phi) is 3.46. The summed E-state index contributed by atoms with van der Waals surface area (Å²) in [6, 6.07) is 1.96. The second-order valence-corrected chi connectivity index (χ2v) is 5.55. The van der Waals surface area contributed by atoms with E-state index in [1.807, 2.05) is 6.07 Å². The first-order valence-electron chi connectivity index (χ1n) is 7.02. The Bertz CT molecular complexity index is 410. The summed E-state index contributed by atoms with van der Waals surface area (Å²) in [6.45, 7) is 1.72. The first-order chi connectivity index (χ1) is 8.81. The SMILES string of the molecule is Nc1cc(C2CCCC2)nc(CC2CCOC2)n1. The summed E-state index contributed by atoms with van der Waals surface area (Å²) in [5.74, 6) is 2.71. The minimum atomic E-state index is 0.572. The summed E-state index contributed by atoms with van der Waals surface area (Å²) < 4.78 is 5.40. The van der Waals surface area contributed by atoms with Crippen molar-refractivity contribution in [1.82, 2.24) is 9.97 Å². The molecule has 1 atom stereocenters. The molecule has 2 heterocycles. The second-order valence-electron chi connectivity index (χ2n) is 5.55. The molecule has 1 aliphatic carbocycles. The Balaban J connectivity index is 1.76. The Morgan fingerprint density at radius 2 is 2.06 bits per heavy atom. The highest BCUT2D eigenvalue weighted by Gasteiger charge is 2.21. The fourth-order valence-electron chi connectivity index (χ4n) is 3.06. The molecule has 0 amide bonds. The largest absolute Gasteiger partial charge is 0.384 e. The Morgan fingerprint density at radius 1 is 1.22 bits per heavy atom. The zero-order chi connectivity index (χ0) is 12.4. The molecule has 2 aliphatic rings. The molecule has 98 valence electrons. The van der Waals surface area contributed by atoms with Crippen molar-refractivity contribution in [2.24, 2.45) is 5.92 Å². The van der Waals surface area contributed by atoms with E-state index in [2.05, 4.69) is 4.98 Å². The summed E-state index contributed by atoms with van der Waals surface area (Å²) in [4.78, 5) is 9.11. The molecule has 1 unspecified atom stereocenters. The third kappa shape index (κ3) is 2.64. The molecule has 1 saturated carbocycles. The van der Waals surface area contributed by atoms with Crippen LogP contribution >= 0.6 is 0 Å². The van der Waals surface area contributed by atoms with Gasteiger partial charge in [-0.25, -0.2) is 9.97 Å². The van der Waals surface area contributed by atoms with Gasteiger partial charge in [-0.05, 0) is 25.2 Å². The topological polar surface area (TPSA) is 61.0 Å². The molecule has 1 aliphatic heterocycles. The molecule has 0 radical (unpaired) electrons. The molecule has 0 aromatic carbocycles. The number of rotatable bonds is 3. The van der Waals surface area contributed by atoms with Crippen LogP contribution in [0, 0.1) is 5.92 Å². The molecule has 1 aromatic heterocycles. The van der Waals surface area contributed by atoms with Crippen LogP contribution in [-0.2, 0) is 11.2 Å². The maximum atomic E-state index is 5.92. The number of ether oxygens (including phenoxy) is 1. The van der Waals surface area contributed by atoms with Gasteiger partial charge in [-0.3, -0.25) is 0 Å². The van der Waals surface area contributed by atoms with Crippen LogP contribution in [0.1, 0.15) is 49.5 Å². The highest BCUT2D eigenvalue weighted by molar-refractivity contribution is 5.31. The number of nitrogens with zero attached hydrogens (tertiary/aromatic N) is 2. The quantitative estimate of drug-likeness (QED) is 0.890. The zero-order valence-corrected chi connectivity index (χ0v) is 10.8. The average molecular weight is 247 g/mol. The van der Waals surface area contributed by atoms with Gasteiger partial charge in [-0.1, -0.05) is 12.8 Å². The molecule has 4 nitrogen and oxygen atoms in total. The molecule has 0 spiro atoms. The Morgan fingerprint density at radius 3 is 2.78 bits per heavy atom. The van der Waals surface area contributed by atoms with E-state index in [4.69, 9.17) is 15.5 Å². The highest BCUT2D eigenvalue weighted by atomic mass is 16.5. The number of nitrogens with two attached hydrogens (primary N) is 1. The lowest BCUT2D eigenvalue weighted by Crippen LogP contribution is -2.11. The van der Waals surface area contributed by atoms with Gasteiger partial charge in [-0.2, -0.15) is 0 Å². The van der Waals surface area contributed by atoms with Gasteiger partial charge < -0.3 is 10.5 Å². The minimum absolute atomic E-state index is 0.572. The standard InChI is InChI=1S/C14H21N3O/c15-13-8-12(11-3-1-2-4-11)16-14(17-13)7-10-5-6-18-9-10/h8,10-11H,1-7,9H2,(H2,15,16,17). The van der Waals surface area contributed by atoms with Gasteiger partial charge in [0.15, 0.2) is 0 Å². The second kappa shape index (κ2) is 5.22. The molecular weight excluding hydrogens is 226 g/mol. The van der Waals surface area contributed by atoms with E-state index in [0.717, 1.165) is 37.6 Å². The van der Waals surface area contributed by atoms with Crippen molar-refractivity contribution in [2.45, 2.75) is 44.4 Å². The van der Waals surface area contributed by atoms with Gasteiger partial charge in [0, 0.05) is 37.3 Å². The van der Waals surface area contributed by atoms with Crippen LogP contribution in [0.3, 0.4) is 0 Å². The van der Waals surface area contributed by atoms with E-state index in [1.54, 1.807) is 0 Å². The third-order valence-corrected chi connectivity index (χ3v) is 4.08. The molecule has 0 bridgehead atoms. The molecular formula is C14H21N3O. The average Bonchev–Trinajstić information content (AvgIpc) is 3.00. The number of aromatic nitrogens is 2. The maximum Gasteiger partial charge on any atom is 0.131 e. The van der Waals surface area contributed by atoms with E-state index in [-0.39, 0.29) is 0 Å². The fraction of sp³-hybridized carbons (Fsp3) is 0.714. The van der Waals surface area contributed by atoms with Gasteiger partial charge in [0.2, 0.25) is 0 Å². The number of hydrogen-bond donors (Lipinski definition) is 1. The number of anilines is 1. The minimum Gasteiger partial charge on any atom is -0.384 e. The summed E-state index contributed by atoms with van der Waals surface area (Å²) >= 11 is 0. The van der Waals surface area contributed by atoms with E-state index in [1.165, 1.54) is 25.7 Å². The van der Waals surface area contributed by atoms with Crippen molar-refractivity contribution < 1.29 is 4.74 Å². The van der Waals surface area contributed by atoms with Crippen LogP contribution in [0.5, 0.6) is 0 Å². The normalized spacial score (nSPS) is 24.8. The van der Waals surface area contributed by atoms with Gasteiger partial charge in [0.25, 0.3) is 0 Å². The maximum absolute atomic E-state index is 5.92. The van der Waals surface area contributed by atoms with Gasteiger partial charge in [0.1, 0.15) is 11.6 Å². The van der Waals surface area contributed by atoms with Gasteiger partial charge >= 0.3 is 0 Å². The third-order valence-electron chi connectivity index (χ3n) is 4.08. The molecule has 4 heteroatoms. The first kappa shape index (κ1) is 11.9. The molecule has 1 saturated heterocycles. The lowest BCUT2D eigenvalue weighted by atomic mass is 10.0. The van der Waals surface area contributed by atoms with Crippen molar-refractivity contribution in [3.8, 4) is 0 Å². The molecule has 18 heavy (non-hydrogen) atoms. The molecule has 2 N–H and O–H groups in total. The summed E-state index contributed by atoms with van der Waals surface area (Å²) in [7, 11) is 0. The predicted octanol–water partition coefficient (Wildman–Crippen LogP) is 2.30. The fourth-order valence-corrected chi connectivity index (χ4v) is 3.06. The van der Waals surface area contributed by atoms with Crippen molar-refractivity contribution >= 4 is 5.82 Å². The van der Waals surface area contributed by atoms with Crippen LogP contribution in [0.2, 0.25) is 0 Å². The van der Waals surface area contributed by atoms with Crippen LogP contribution in [0.25, 0.3) is 0 Å². The van der Waals surface area contributed by atoms with E-state index >= 15 is 0 Å². The smallest absolute Gasteiger partial charge is 0.131 e. The van der Waals surface area contributed by atoms with Crippen molar-refractivity contribution in [3.63, 3.8) is 0 Å². The summed E-state index contributed by atoms with van der Waals surface area (Å²) in [5, 5.41) is 0. The van der Waals surface area contributed by atoms with E-state index in [0.29, 0.717) is 17.7 Å². The van der Waals surface area contributed by atoms with Crippen molar-refractivity contribution in [3.05, 3.63) is 17.6 Å². The van der Waals surface area contributed by atoms with Gasteiger partial charge in [-0.15, -0.1) is 0 Å². The monoisotopic (exact) mass is 247 g/mol. The van der Waals surface area contributed by atoms with E-state index in [9.17, 15) is 0 Å². The highest BCUT2D eigenvalue weighted by Crippen LogP contribution is 2.33. The molecule has 1 aromatic rings. The lowest BCUT2D eigenvalue weighted by molar-refractivity contribution is 0.185. The van der Waals surface area contributed by atoms with Crippen LogP contribution in [-0.4, -0.2) is 23.2 Å². The predicted molar refractivity (Wildman–Crippen MR) is 70.3 cm³/mol. The lowest BCUT2D eigenvalue weighted by Gasteiger charge is -2.12. The molecule has 2 fully saturated rings. The Hall–Kier alpha value is -1.16.